The lowest BCUT2D eigenvalue weighted by molar-refractivity contribution is -0.112. The van der Waals surface area contributed by atoms with E-state index in [-0.39, 0.29) is 5.78 Å². The molecular formula is C12H22O. The predicted molar refractivity (Wildman–Crippen MR) is 57.7 cm³/mol. The van der Waals surface area contributed by atoms with Gasteiger partial charge in [-0.3, -0.25) is 4.79 Å². The Labute approximate surface area is 82.2 Å². The molecule has 13 heavy (non-hydrogen) atoms. The van der Waals surface area contributed by atoms with E-state index < -0.39 is 0 Å². The molecule has 0 aliphatic heterocycles. The Bertz CT molecular complexity index is 157. The number of carbonyl (C=O) groups excluding carboxylic acids is 1. The summed E-state index contributed by atoms with van der Waals surface area (Å²) in [6, 6.07) is 0. The van der Waals surface area contributed by atoms with E-state index >= 15 is 0 Å². The molecule has 0 rings (SSSR count). The standard InChI is InChI=1S/C12H22O/c1-11(2)9-7-5-4-6-8-10-12(3)13/h8,10-11H,4-7,9H2,1-3H3. The van der Waals surface area contributed by atoms with Gasteiger partial charge in [0.15, 0.2) is 5.78 Å². The van der Waals surface area contributed by atoms with Gasteiger partial charge >= 0.3 is 0 Å². The van der Waals surface area contributed by atoms with Gasteiger partial charge in [-0.2, -0.15) is 0 Å². The monoisotopic (exact) mass is 182 g/mol. The average Bonchev–Trinajstić information content (AvgIpc) is 2.01. The molecule has 0 aliphatic rings. The van der Waals surface area contributed by atoms with Crippen LogP contribution in [0.2, 0.25) is 0 Å². The van der Waals surface area contributed by atoms with E-state index in [0.29, 0.717) is 0 Å². The summed E-state index contributed by atoms with van der Waals surface area (Å²) in [5, 5.41) is 0. The second-order valence-electron chi connectivity index (χ2n) is 4.04. The maximum absolute atomic E-state index is 10.5. The van der Waals surface area contributed by atoms with Crippen LogP contribution in [0.15, 0.2) is 12.2 Å². The van der Waals surface area contributed by atoms with Crippen LogP contribution in [0.4, 0.5) is 0 Å². The van der Waals surface area contributed by atoms with Crippen molar-refractivity contribution in [2.24, 2.45) is 5.92 Å². The summed E-state index contributed by atoms with van der Waals surface area (Å²) >= 11 is 0. The van der Waals surface area contributed by atoms with Gasteiger partial charge < -0.3 is 0 Å². The molecule has 0 saturated carbocycles. The topological polar surface area (TPSA) is 17.1 Å². The lowest BCUT2D eigenvalue weighted by Gasteiger charge is -2.02. The summed E-state index contributed by atoms with van der Waals surface area (Å²) in [6.45, 7) is 6.11. The minimum Gasteiger partial charge on any atom is -0.295 e. The van der Waals surface area contributed by atoms with Crippen LogP contribution >= 0.6 is 0 Å². The molecule has 0 heterocycles. The fourth-order valence-electron chi connectivity index (χ4n) is 1.24. The first-order valence-electron chi connectivity index (χ1n) is 5.30. The van der Waals surface area contributed by atoms with Crippen LogP contribution in [-0.4, -0.2) is 5.78 Å². The van der Waals surface area contributed by atoms with Crippen LogP contribution in [0.25, 0.3) is 0 Å². The minimum atomic E-state index is 0.155. The van der Waals surface area contributed by atoms with Crippen molar-refractivity contribution in [3.63, 3.8) is 0 Å². The zero-order valence-electron chi connectivity index (χ0n) is 9.18. The molecule has 0 amide bonds. The maximum atomic E-state index is 10.5. The molecule has 0 aromatic carbocycles. The number of hydrogen-bond acceptors (Lipinski definition) is 1. The van der Waals surface area contributed by atoms with Crippen LogP contribution in [0.1, 0.15) is 52.9 Å². The van der Waals surface area contributed by atoms with E-state index in [1.807, 2.05) is 6.08 Å². The predicted octanol–water partition coefficient (Wildman–Crippen LogP) is 3.74. The molecule has 0 aromatic rings. The highest BCUT2D eigenvalue weighted by Gasteiger charge is 1.93. The highest BCUT2D eigenvalue weighted by atomic mass is 16.1. The zero-order valence-corrected chi connectivity index (χ0v) is 9.18. The number of rotatable bonds is 7. The molecule has 0 N–H and O–H groups in total. The number of allylic oxidation sites excluding steroid dienone is 2. The van der Waals surface area contributed by atoms with Gasteiger partial charge in [-0.05, 0) is 31.8 Å². The van der Waals surface area contributed by atoms with Gasteiger partial charge in [-0.15, -0.1) is 0 Å². The van der Waals surface area contributed by atoms with Crippen LogP contribution in [0.5, 0.6) is 0 Å². The first kappa shape index (κ1) is 12.4. The SMILES string of the molecule is CC(=O)C=CCCCCCC(C)C. The highest BCUT2D eigenvalue weighted by molar-refractivity contribution is 5.87. The largest absolute Gasteiger partial charge is 0.295 e. The van der Waals surface area contributed by atoms with Crippen molar-refractivity contribution in [1.29, 1.82) is 0 Å². The Morgan fingerprint density at radius 3 is 2.46 bits per heavy atom. The van der Waals surface area contributed by atoms with E-state index in [1.54, 1.807) is 13.0 Å². The molecule has 0 unspecified atom stereocenters. The van der Waals surface area contributed by atoms with Gasteiger partial charge in [0.2, 0.25) is 0 Å². The van der Waals surface area contributed by atoms with E-state index in [4.69, 9.17) is 0 Å². The molecule has 0 saturated heterocycles. The average molecular weight is 182 g/mol. The fraction of sp³-hybridized carbons (Fsp3) is 0.750. The first-order chi connectivity index (χ1) is 6.13. The van der Waals surface area contributed by atoms with Crippen molar-refractivity contribution < 1.29 is 4.79 Å². The third-order valence-corrected chi connectivity index (χ3v) is 2.00. The number of carbonyl (C=O) groups is 1. The summed E-state index contributed by atoms with van der Waals surface area (Å²) < 4.78 is 0. The molecule has 0 radical (unpaired) electrons. The third kappa shape index (κ3) is 11.4. The summed E-state index contributed by atoms with van der Waals surface area (Å²) in [4.78, 5) is 10.5. The van der Waals surface area contributed by atoms with Crippen molar-refractivity contribution in [3.05, 3.63) is 12.2 Å². The molecule has 1 nitrogen and oxygen atoms in total. The van der Waals surface area contributed by atoms with E-state index in [0.717, 1.165) is 12.3 Å². The summed E-state index contributed by atoms with van der Waals surface area (Å²) in [5.74, 6) is 0.981. The Morgan fingerprint density at radius 2 is 1.92 bits per heavy atom. The van der Waals surface area contributed by atoms with Crippen molar-refractivity contribution >= 4 is 5.78 Å². The molecule has 0 aliphatic carbocycles. The number of unbranched alkanes of at least 4 members (excludes halogenated alkanes) is 3. The van der Waals surface area contributed by atoms with E-state index in [1.165, 1.54) is 25.7 Å². The molecule has 1 heteroatoms. The van der Waals surface area contributed by atoms with Gasteiger partial charge in [0, 0.05) is 0 Å². The molecule has 0 bridgehead atoms. The van der Waals surface area contributed by atoms with Gasteiger partial charge in [0.1, 0.15) is 0 Å². The normalized spacial score (nSPS) is 11.4. The molecule has 0 spiro atoms. The lowest BCUT2D eigenvalue weighted by atomic mass is 10.0. The molecule has 0 atom stereocenters. The second kappa shape index (κ2) is 8.03. The minimum absolute atomic E-state index is 0.155. The zero-order chi connectivity index (χ0) is 10.1. The van der Waals surface area contributed by atoms with E-state index in [9.17, 15) is 4.79 Å². The van der Waals surface area contributed by atoms with Crippen molar-refractivity contribution in [1.82, 2.24) is 0 Å². The van der Waals surface area contributed by atoms with Gasteiger partial charge in [-0.25, -0.2) is 0 Å². The van der Waals surface area contributed by atoms with Crippen LogP contribution in [0.3, 0.4) is 0 Å². The summed E-state index contributed by atoms with van der Waals surface area (Å²) in [6.07, 6.45) is 9.87. The second-order valence-corrected chi connectivity index (χ2v) is 4.04. The van der Waals surface area contributed by atoms with E-state index in [2.05, 4.69) is 13.8 Å². The summed E-state index contributed by atoms with van der Waals surface area (Å²) in [7, 11) is 0. The third-order valence-electron chi connectivity index (χ3n) is 2.00. The Balaban J connectivity index is 3.13. The van der Waals surface area contributed by atoms with Gasteiger partial charge in [0.25, 0.3) is 0 Å². The van der Waals surface area contributed by atoms with Crippen LogP contribution in [-0.2, 0) is 4.79 Å². The number of hydrogen-bond donors (Lipinski definition) is 0. The number of ketones is 1. The molecular weight excluding hydrogens is 160 g/mol. The van der Waals surface area contributed by atoms with Crippen molar-refractivity contribution in [2.75, 3.05) is 0 Å². The van der Waals surface area contributed by atoms with Crippen LogP contribution in [0, 0.1) is 5.92 Å². The first-order valence-corrected chi connectivity index (χ1v) is 5.30. The lowest BCUT2D eigenvalue weighted by Crippen LogP contribution is -1.86. The quantitative estimate of drug-likeness (QED) is 0.433. The van der Waals surface area contributed by atoms with Crippen LogP contribution < -0.4 is 0 Å². The smallest absolute Gasteiger partial charge is 0.152 e. The molecule has 0 aromatic heterocycles. The van der Waals surface area contributed by atoms with Gasteiger partial charge in [0.05, 0.1) is 0 Å². The Hall–Kier alpha value is -0.590. The highest BCUT2D eigenvalue weighted by Crippen LogP contribution is 2.09. The fourth-order valence-corrected chi connectivity index (χ4v) is 1.24. The van der Waals surface area contributed by atoms with Crippen molar-refractivity contribution in [3.8, 4) is 0 Å². The summed E-state index contributed by atoms with van der Waals surface area (Å²) in [5.41, 5.74) is 0. The molecule has 0 fully saturated rings. The van der Waals surface area contributed by atoms with Crippen molar-refractivity contribution in [2.45, 2.75) is 52.9 Å². The Kier molecular flexibility index (Phi) is 7.66. The maximum Gasteiger partial charge on any atom is 0.152 e. The van der Waals surface area contributed by atoms with Gasteiger partial charge in [-0.1, -0.05) is 39.2 Å². The molecule has 76 valence electrons. The Morgan fingerprint density at radius 1 is 1.23 bits per heavy atom.